The number of nitrogen functional groups attached to an aromatic ring is 1. The third-order valence-corrected chi connectivity index (χ3v) is 7.75. The van der Waals surface area contributed by atoms with Crippen molar-refractivity contribution in [2.45, 2.75) is 31.2 Å². The van der Waals surface area contributed by atoms with Gasteiger partial charge in [0, 0.05) is 42.6 Å². The van der Waals surface area contributed by atoms with Crippen molar-refractivity contribution in [2.75, 3.05) is 36.9 Å². The van der Waals surface area contributed by atoms with Gasteiger partial charge in [-0.05, 0) is 43.2 Å². The quantitative estimate of drug-likeness (QED) is 0.250. The molecule has 1 saturated heterocycles. The van der Waals surface area contributed by atoms with E-state index in [0.29, 0.717) is 49.6 Å². The van der Waals surface area contributed by atoms with E-state index in [2.05, 4.69) is 15.3 Å². The topological polar surface area (TPSA) is 134 Å². The monoisotopic (exact) mass is 561 g/mol. The zero-order valence-corrected chi connectivity index (χ0v) is 21.4. The maximum Gasteiger partial charge on any atom is 0.417 e. The molecule has 4 aromatic rings. The molecule has 1 aromatic carbocycles. The third-order valence-electron chi connectivity index (χ3n) is 6.66. The lowest BCUT2D eigenvalue weighted by Gasteiger charge is -2.34. The first kappa shape index (κ1) is 26.9. The summed E-state index contributed by atoms with van der Waals surface area (Å²) >= 11 is 0.638. The minimum atomic E-state index is -4.72. The smallest absolute Gasteiger partial charge is 0.417 e. The number of aliphatic hydroxyl groups is 1. The van der Waals surface area contributed by atoms with E-state index in [1.807, 2.05) is 24.3 Å². The Hall–Kier alpha value is -3.68. The van der Waals surface area contributed by atoms with Crippen molar-refractivity contribution in [2.24, 2.45) is 0 Å². The van der Waals surface area contributed by atoms with Gasteiger partial charge in [0.1, 0.15) is 34.0 Å². The predicted octanol–water partition coefficient (Wildman–Crippen LogP) is 4.14. The molecule has 206 valence electrons. The van der Waals surface area contributed by atoms with Gasteiger partial charge in [0.2, 0.25) is 0 Å². The molecule has 13 heteroatoms. The van der Waals surface area contributed by atoms with Crippen LogP contribution in [0.3, 0.4) is 0 Å². The summed E-state index contributed by atoms with van der Waals surface area (Å²) in [6.07, 6.45) is -2.51. The minimum Gasteiger partial charge on any atom is -0.491 e. The molecule has 0 spiro atoms. The van der Waals surface area contributed by atoms with Crippen LogP contribution >= 0.6 is 11.3 Å². The van der Waals surface area contributed by atoms with E-state index in [0.717, 1.165) is 17.0 Å². The SMILES string of the molecule is Nc1c(C(=O)O)sc2nc(N3CCC(NC[C@H](O)COc4ccc5ncccc5c4)CC3)cc(C(F)(F)F)c12. The van der Waals surface area contributed by atoms with E-state index in [1.165, 1.54) is 0 Å². The highest BCUT2D eigenvalue weighted by Crippen LogP contribution is 2.43. The van der Waals surface area contributed by atoms with Crippen molar-refractivity contribution in [3.05, 3.63) is 53.0 Å². The Morgan fingerprint density at radius 2 is 2.03 bits per heavy atom. The van der Waals surface area contributed by atoms with Crippen molar-refractivity contribution in [3.8, 4) is 5.75 Å². The summed E-state index contributed by atoms with van der Waals surface area (Å²) in [4.78, 5) is 21.3. The average molecular weight is 562 g/mol. The number of carbonyl (C=O) groups is 1. The van der Waals surface area contributed by atoms with Gasteiger partial charge < -0.3 is 30.9 Å². The molecule has 0 saturated carbocycles. The zero-order valence-electron chi connectivity index (χ0n) is 20.6. The molecule has 0 aliphatic carbocycles. The van der Waals surface area contributed by atoms with E-state index in [-0.39, 0.29) is 33.6 Å². The number of anilines is 2. The Kier molecular flexibility index (Phi) is 7.47. The molecule has 1 aliphatic rings. The van der Waals surface area contributed by atoms with Gasteiger partial charge in [0.05, 0.1) is 16.8 Å². The standard InChI is InChI=1S/C26H26F3N5O4S/c27-26(28,29)18-11-20(33-24-21(18)22(30)23(39-24)25(36)37)34-8-5-15(6-9-34)32-12-16(35)13-38-17-3-4-19-14(10-17)2-1-7-31-19/h1-4,7,10-11,15-16,32,35H,5-6,8-9,12-13,30H2,(H,36,37)/t16-/m0/s1. The van der Waals surface area contributed by atoms with Crippen LogP contribution in [0.1, 0.15) is 28.1 Å². The van der Waals surface area contributed by atoms with Crippen LogP contribution in [0.25, 0.3) is 21.1 Å². The number of ether oxygens (including phenoxy) is 1. The highest BCUT2D eigenvalue weighted by atomic mass is 32.1. The van der Waals surface area contributed by atoms with Crippen molar-refractivity contribution in [1.82, 2.24) is 15.3 Å². The minimum absolute atomic E-state index is 0.0548. The second kappa shape index (κ2) is 10.8. The summed E-state index contributed by atoms with van der Waals surface area (Å²) in [7, 11) is 0. The fourth-order valence-corrected chi connectivity index (χ4v) is 5.62. The number of pyridine rings is 2. The lowest BCUT2D eigenvalue weighted by molar-refractivity contribution is -0.136. The second-order valence-corrected chi connectivity index (χ2v) is 10.3. The van der Waals surface area contributed by atoms with Crippen molar-refractivity contribution < 1.29 is 32.9 Å². The van der Waals surface area contributed by atoms with Gasteiger partial charge in [0.25, 0.3) is 0 Å². The summed E-state index contributed by atoms with van der Waals surface area (Å²) in [5.41, 5.74) is 5.20. The zero-order chi connectivity index (χ0) is 27.7. The number of alkyl halides is 3. The molecule has 1 atom stereocenters. The maximum atomic E-state index is 13.8. The highest BCUT2D eigenvalue weighted by Gasteiger charge is 2.37. The van der Waals surface area contributed by atoms with E-state index in [9.17, 15) is 28.2 Å². The average Bonchev–Trinajstić information content (AvgIpc) is 3.26. The van der Waals surface area contributed by atoms with Crippen LogP contribution in [0.15, 0.2) is 42.6 Å². The predicted molar refractivity (Wildman–Crippen MR) is 142 cm³/mol. The number of benzene rings is 1. The number of aromatic nitrogens is 2. The van der Waals surface area contributed by atoms with E-state index >= 15 is 0 Å². The number of hydrogen-bond donors (Lipinski definition) is 4. The van der Waals surface area contributed by atoms with Crippen LogP contribution in [-0.4, -0.2) is 64.5 Å². The first-order valence-corrected chi connectivity index (χ1v) is 13.1. The Balaban J connectivity index is 1.17. The Morgan fingerprint density at radius 1 is 1.26 bits per heavy atom. The van der Waals surface area contributed by atoms with Crippen molar-refractivity contribution in [3.63, 3.8) is 0 Å². The first-order valence-electron chi connectivity index (χ1n) is 12.3. The molecule has 39 heavy (non-hydrogen) atoms. The summed E-state index contributed by atoms with van der Waals surface area (Å²) in [6.45, 7) is 1.29. The molecule has 0 bridgehead atoms. The lowest BCUT2D eigenvalue weighted by atomic mass is 10.0. The first-order chi connectivity index (χ1) is 18.6. The number of hydrogen-bond acceptors (Lipinski definition) is 9. The molecule has 3 aromatic heterocycles. The number of thiophene rings is 1. The molecule has 4 heterocycles. The lowest BCUT2D eigenvalue weighted by Crippen LogP contribution is -2.45. The van der Waals surface area contributed by atoms with Gasteiger partial charge in [0.15, 0.2) is 0 Å². The summed E-state index contributed by atoms with van der Waals surface area (Å²) in [5, 5.41) is 23.5. The number of nitrogens with one attached hydrogen (secondary N) is 1. The second-order valence-electron chi connectivity index (χ2n) is 9.35. The highest BCUT2D eigenvalue weighted by molar-refractivity contribution is 7.21. The van der Waals surface area contributed by atoms with Crippen LogP contribution in [0, 0.1) is 0 Å². The number of fused-ring (bicyclic) bond motifs is 2. The van der Waals surface area contributed by atoms with Crippen LogP contribution in [0.2, 0.25) is 0 Å². The number of carboxylic acids is 1. The normalized spacial score (nSPS) is 15.6. The van der Waals surface area contributed by atoms with Crippen molar-refractivity contribution >= 4 is 49.9 Å². The number of rotatable bonds is 8. The van der Waals surface area contributed by atoms with E-state index in [1.54, 1.807) is 17.2 Å². The van der Waals surface area contributed by atoms with Crippen LogP contribution in [0.4, 0.5) is 24.7 Å². The summed E-state index contributed by atoms with van der Waals surface area (Å²) in [5.74, 6) is -0.627. The van der Waals surface area contributed by atoms with Gasteiger partial charge in [-0.25, -0.2) is 9.78 Å². The van der Waals surface area contributed by atoms with E-state index in [4.69, 9.17) is 10.5 Å². The van der Waals surface area contributed by atoms with Gasteiger partial charge in [-0.2, -0.15) is 13.2 Å². The fraction of sp³-hybridized carbons (Fsp3) is 0.346. The number of carboxylic acid groups (broad SMARTS) is 1. The summed E-state index contributed by atoms with van der Waals surface area (Å²) < 4.78 is 47.2. The van der Waals surface area contributed by atoms with E-state index < -0.39 is 29.5 Å². The molecule has 1 aliphatic heterocycles. The maximum absolute atomic E-state index is 13.8. The van der Waals surface area contributed by atoms with Crippen molar-refractivity contribution in [1.29, 1.82) is 0 Å². The van der Waals surface area contributed by atoms with Gasteiger partial charge in [-0.3, -0.25) is 4.98 Å². The van der Waals surface area contributed by atoms with Gasteiger partial charge in [-0.15, -0.1) is 11.3 Å². The van der Waals surface area contributed by atoms with Crippen LogP contribution in [0.5, 0.6) is 5.75 Å². The molecular weight excluding hydrogens is 535 g/mol. The molecule has 0 radical (unpaired) electrons. The van der Waals surface area contributed by atoms with Crippen LogP contribution in [-0.2, 0) is 6.18 Å². The number of halogens is 3. The Bertz CT molecular complexity index is 1500. The number of aliphatic hydroxyl groups excluding tert-OH is 1. The molecule has 1 fully saturated rings. The third kappa shape index (κ3) is 5.84. The Morgan fingerprint density at radius 3 is 2.74 bits per heavy atom. The molecular formula is C26H26F3N5O4S. The fourth-order valence-electron chi connectivity index (χ4n) is 4.66. The number of piperidine rings is 1. The number of nitrogens with two attached hydrogens (primary N) is 1. The largest absolute Gasteiger partial charge is 0.491 e. The molecule has 5 rings (SSSR count). The Labute approximate surface area is 225 Å². The van der Waals surface area contributed by atoms with Gasteiger partial charge >= 0.3 is 12.1 Å². The molecule has 0 amide bonds. The number of nitrogens with zero attached hydrogens (tertiary/aromatic N) is 3. The molecule has 5 N–H and O–H groups in total. The molecule has 9 nitrogen and oxygen atoms in total. The molecule has 0 unspecified atom stereocenters. The number of aromatic carboxylic acids is 1. The summed E-state index contributed by atoms with van der Waals surface area (Å²) in [6, 6.07) is 10.3. The van der Waals surface area contributed by atoms with Crippen LogP contribution < -0.4 is 20.7 Å². The van der Waals surface area contributed by atoms with Gasteiger partial charge in [-0.1, -0.05) is 6.07 Å².